The Morgan fingerprint density at radius 2 is 1.68 bits per heavy atom. The van der Waals surface area contributed by atoms with Gasteiger partial charge in [-0.3, -0.25) is 4.79 Å². The van der Waals surface area contributed by atoms with Gasteiger partial charge in [-0.2, -0.15) is 0 Å². The molecule has 3 aromatic rings. The summed E-state index contributed by atoms with van der Waals surface area (Å²) in [6.45, 7) is 2.68. The number of ether oxygens (including phenoxy) is 1. The Hall–Kier alpha value is -2.33. The number of para-hydroxylation sites is 1. The van der Waals surface area contributed by atoms with Crippen molar-refractivity contribution in [3.8, 4) is 5.75 Å². The van der Waals surface area contributed by atoms with Gasteiger partial charge < -0.3 is 10.1 Å². The molecule has 0 heterocycles. The van der Waals surface area contributed by atoms with Gasteiger partial charge in [0.05, 0.1) is 0 Å². The maximum absolute atomic E-state index is 11.4. The van der Waals surface area contributed by atoms with Crippen LogP contribution in [0.15, 0.2) is 66.7 Å². The SMILES string of the molecule is Br.CCC(=O)Oc1ccc2cc(CCNc3ccccc3)ccc2c1. The minimum absolute atomic E-state index is 0. The molecule has 0 radical (unpaired) electrons. The molecule has 0 saturated carbocycles. The highest BCUT2D eigenvalue weighted by Gasteiger charge is 2.03. The van der Waals surface area contributed by atoms with Gasteiger partial charge in [0.2, 0.25) is 0 Å². The lowest BCUT2D eigenvalue weighted by atomic mass is 10.0. The summed E-state index contributed by atoms with van der Waals surface area (Å²) in [7, 11) is 0. The van der Waals surface area contributed by atoms with Crippen LogP contribution in [-0.4, -0.2) is 12.5 Å². The Morgan fingerprint density at radius 1 is 0.960 bits per heavy atom. The number of esters is 1. The number of hydrogen-bond donors (Lipinski definition) is 1. The smallest absolute Gasteiger partial charge is 0.310 e. The Morgan fingerprint density at radius 3 is 2.44 bits per heavy atom. The Balaban J connectivity index is 0.00000225. The van der Waals surface area contributed by atoms with Crippen molar-refractivity contribution in [2.45, 2.75) is 19.8 Å². The maximum Gasteiger partial charge on any atom is 0.310 e. The van der Waals surface area contributed by atoms with E-state index in [1.165, 1.54) is 5.56 Å². The molecular weight excluding hydrogens is 378 g/mol. The van der Waals surface area contributed by atoms with Crippen molar-refractivity contribution in [2.75, 3.05) is 11.9 Å². The van der Waals surface area contributed by atoms with E-state index in [9.17, 15) is 4.79 Å². The number of halogens is 1. The number of carbonyl (C=O) groups excluding carboxylic acids is 1. The van der Waals surface area contributed by atoms with Gasteiger partial charge in [0.25, 0.3) is 0 Å². The summed E-state index contributed by atoms with van der Waals surface area (Å²) in [4.78, 5) is 11.4. The lowest BCUT2D eigenvalue weighted by Crippen LogP contribution is -2.05. The summed E-state index contributed by atoms with van der Waals surface area (Å²) in [6, 6.07) is 22.4. The molecule has 0 aliphatic rings. The fourth-order valence-electron chi connectivity index (χ4n) is 2.60. The summed E-state index contributed by atoms with van der Waals surface area (Å²) in [5, 5.41) is 5.66. The molecule has 4 heteroatoms. The van der Waals surface area contributed by atoms with Gasteiger partial charge in [0, 0.05) is 18.7 Å². The average molecular weight is 400 g/mol. The topological polar surface area (TPSA) is 38.3 Å². The van der Waals surface area contributed by atoms with E-state index in [2.05, 4.69) is 35.6 Å². The standard InChI is InChI=1S/C21H21NO2.BrH/c1-2-21(23)24-20-11-10-17-14-16(8-9-18(17)15-20)12-13-22-19-6-4-3-5-7-19;/h3-11,14-15,22H,2,12-13H2,1H3;1H. The van der Waals surface area contributed by atoms with Crippen LogP contribution < -0.4 is 10.1 Å². The third kappa shape index (κ3) is 5.33. The van der Waals surface area contributed by atoms with Crippen LogP contribution in [0.1, 0.15) is 18.9 Å². The van der Waals surface area contributed by atoms with Gasteiger partial charge in [-0.25, -0.2) is 0 Å². The second-order valence-corrected chi connectivity index (χ2v) is 5.71. The summed E-state index contributed by atoms with van der Waals surface area (Å²) in [5.41, 5.74) is 2.42. The first-order chi connectivity index (χ1) is 11.7. The number of fused-ring (bicyclic) bond motifs is 1. The Bertz CT molecular complexity index is 834. The lowest BCUT2D eigenvalue weighted by molar-refractivity contribution is -0.134. The third-order valence-electron chi connectivity index (χ3n) is 3.91. The van der Waals surface area contributed by atoms with Crippen LogP contribution >= 0.6 is 17.0 Å². The minimum Gasteiger partial charge on any atom is -0.427 e. The molecule has 0 spiro atoms. The highest BCUT2D eigenvalue weighted by molar-refractivity contribution is 8.93. The molecule has 0 atom stereocenters. The van der Waals surface area contributed by atoms with E-state index < -0.39 is 0 Å². The van der Waals surface area contributed by atoms with Crippen molar-refractivity contribution in [1.29, 1.82) is 0 Å². The second-order valence-electron chi connectivity index (χ2n) is 5.71. The summed E-state index contributed by atoms with van der Waals surface area (Å²) in [6.07, 6.45) is 1.34. The van der Waals surface area contributed by atoms with Crippen LogP contribution in [0.3, 0.4) is 0 Å². The quantitative estimate of drug-likeness (QED) is 0.446. The third-order valence-corrected chi connectivity index (χ3v) is 3.91. The zero-order chi connectivity index (χ0) is 16.8. The van der Waals surface area contributed by atoms with E-state index >= 15 is 0 Å². The molecule has 25 heavy (non-hydrogen) atoms. The van der Waals surface area contributed by atoms with Crippen LogP contribution in [-0.2, 0) is 11.2 Å². The highest BCUT2D eigenvalue weighted by Crippen LogP contribution is 2.22. The highest BCUT2D eigenvalue weighted by atomic mass is 79.9. The van der Waals surface area contributed by atoms with Crippen LogP contribution in [0.5, 0.6) is 5.75 Å². The molecule has 3 aromatic carbocycles. The molecule has 0 amide bonds. The van der Waals surface area contributed by atoms with Crippen LogP contribution in [0, 0.1) is 0 Å². The normalized spacial score (nSPS) is 10.1. The van der Waals surface area contributed by atoms with Gasteiger partial charge in [0.1, 0.15) is 5.75 Å². The molecule has 130 valence electrons. The first-order valence-corrected chi connectivity index (χ1v) is 8.27. The number of anilines is 1. The van der Waals surface area contributed by atoms with E-state index in [1.54, 1.807) is 6.92 Å². The molecule has 0 aromatic heterocycles. The summed E-state index contributed by atoms with van der Waals surface area (Å²) < 4.78 is 5.27. The molecule has 0 bridgehead atoms. The van der Waals surface area contributed by atoms with E-state index in [1.807, 2.05) is 36.4 Å². The van der Waals surface area contributed by atoms with Gasteiger partial charge in [-0.05, 0) is 47.0 Å². The Labute approximate surface area is 158 Å². The summed E-state index contributed by atoms with van der Waals surface area (Å²) in [5.74, 6) is 0.394. The molecule has 0 fully saturated rings. The van der Waals surface area contributed by atoms with E-state index in [4.69, 9.17) is 4.74 Å². The number of hydrogen-bond acceptors (Lipinski definition) is 3. The fourth-order valence-corrected chi connectivity index (χ4v) is 2.60. The van der Waals surface area contributed by atoms with E-state index in [0.717, 1.165) is 29.4 Å². The molecule has 3 nitrogen and oxygen atoms in total. The van der Waals surface area contributed by atoms with Crippen LogP contribution in [0.4, 0.5) is 5.69 Å². The van der Waals surface area contributed by atoms with Crippen LogP contribution in [0.25, 0.3) is 10.8 Å². The van der Waals surface area contributed by atoms with Gasteiger partial charge >= 0.3 is 5.97 Å². The number of rotatable bonds is 6. The summed E-state index contributed by atoms with van der Waals surface area (Å²) >= 11 is 0. The Kier molecular flexibility index (Phi) is 7.02. The minimum atomic E-state index is -0.210. The van der Waals surface area contributed by atoms with Crippen molar-refractivity contribution >= 4 is 39.4 Å². The lowest BCUT2D eigenvalue weighted by Gasteiger charge is -2.08. The van der Waals surface area contributed by atoms with Gasteiger partial charge in [-0.15, -0.1) is 17.0 Å². The zero-order valence-electron chi connectivity index (χ0n) is 14.2. The van der Waals surface area contributed by atoms with E-state index in [-0.39, 0.29) is 23.0 Å². The van der Waals surface area contributed by atoms with Crippen molar-refractivity contribution < 1.29 is 9.53 Å². The molecule has 0 aliphatic heterocycles. The van der Waals surface area contributed by atoms with Gasteiger partial charge in [0.15, 0.2) is 0 Å². The largest absolute Gasteiger partial charge is 0.427 e. The monoisotopic (exact) mass is 399 g/mol. The van der Waals surface area contributed by atoms with Crippen molar-refractivity contribution in [2.24, 2.45) is 0 Å². The predicted molar refractivity (Wildman–Crippen MR) is 109 cm³/mol. The maximum atomic E-state index is 11.4. The molecule has 3 rings (SSSR count). The van der Waals surface area contributed by atoms with Crippen molar-refractivity contribution in [3.05, 3.63) is 72.3 Å². The predicted octanol–water partition coefficient (Wildman–Crippen LogP) is 5.39. The first kappa shape index (κ1) is 19.0. The van der Waals surface area contributed by atoms with Gasteiger partial charge in [-0.1, -0.05) is 49.4 Å². The average Bonchev–Trinajstić information content (AvgIpc) is 2.62. The number of nitrogens with one attached hydrogen (secondary N) is 1. The number of carbonyl (C=O) groups is 1. The zero-order valence-corrected chi connectivity index (χ0v) is 15.9. The number of benzene rings is 3. The fraction of sp³-hybridized carbons (Fsp3) is 0.190. The van der Waals surface area contributed by atoms with Crippen molar-refractivity contribution in [1.82, 2.24) is 0 Å². The second kappa shape index (κ2) is 9.23. The molecule has 1 N–H and O–H groups in total. The van der Waals surface area contributed by atoms with Crippen molar-refractivity contribution in [3.63, 3.8) is 0 Å². The van der Waals surface area contributed by atoms with E-state index in [0.29, 0.717) is 12.2 Å². The molecule has 0 aliphatic carbocycles. The molecule has 0 saturated heterocycles. The molecule has 0 unspecified atom stereocenters. The van der Waals surface area contributed by atoms with Crippen LogP contribution in [0.2, 0.25) is 0 Å². The molecular formula is C21H22BrNO2. The first-order valence-electron chi connectivity index (χ1n) is 8.27.